The van der Waals surface area contributed by atoms with E-state index in [1.807, 2.05) is 86.6 Å². The standard InChI is InChI=1S/C45H36N2O8P2S2/c1-32-23-27-35(28-24-32)58(48,49)46(56-52-42-19-9-4-14-37(42)38-15-5-10-20-43(38)53-56)31-34-13-3-8-18-41(34)47(59(50,51)36-29-25-33(2)26-30-36)57-54-44-21-11-6-16-39(44)40-17-7-12-22-45(40)55-57/h3-30H,31H2,1-2H3. The molecule has 0 fully saturated rings. The number of aryl methyl sites for hydroxylation is 2. The van der Waals surface area contributed by atoms with Gasteiger partial charge in [0, 0.05) is 21.5 Å². The molecule has 59 heavy (non-hydrogen) atoms. The number of sulfonamides is 2. The van der Waals surface area contributed by atoms with Crippen LogP contribution in [0.1, 0.15) is 16.7 Å². The van der Waals surface area contributed by atoms with Gasteiger partial charge in [-0.25, -0.2) is 16.8 Å². The first-order chi connectivity index (χ1) is 28.6. The molecule has 10 nitrogen and oxygen atoms in total. The highest BCUT2D eigenvalue weighted by atomic mass is 32.2. The molecule has 0 saturated heterocycles. The van der Waals surface area contributed by atoms with E-state index in [2.05, 4.69) is 0 Å². The molecule has 2 aromatic heterocycles. The third kappa shape index (κ3) is 7.35. The molecule has 0 spiro atoms. The average molecular weight is 859 g/mol. The van der Waals surface area contributed by atoms with Crippen molar-refractivity contribution < 1.29 is 33.6 Å². The Labute approximate surface area is 342 Å². The van der Waals surface area contributed by atoms with Gasteiger partial charge in [-0.1, -0.05) is 130 Å². The molecule has 0 radical (unpaired) electrons. The van der Waals surface area contributed by atoms with Crippen molar-refractivity contribution in [3.63, 3.8) is 0 Å². The van der Waals surface area contributed by atoms with E-state index in [0.717, 1.165) is 36.7 Å². The first-order valence-corrected chi connectivity index (χ1v) is 23.7. The molecule has 14 heteroatoms. The number of nitrogens with zero attached hydrogens (tertiary/aromatic N) is 2. The molecular weight excluding hydrogens is 823 g/mol. The van der Waals surface area contributed by atoms with E-state index >= 15 is 16.8 Å². The van der Waals surface area contributed by atoms with Crippen LogP contribution < -0.4 is 8.15 Å². The summed E-state index contributed by atoms with van der Waals surface area (Å²) in [5, 5.41) is 2.94. The Morgan fingerprint density at radius 3 is 1.22 bits per heavy atom. The topological polar surface area (TPSA) is 127 Å². The Morgan fingerprint density at radius 2 is 0.780 bits per heavy atom. The quantitative estimate of drug-likeness (QED) is 0.140. The van der Waals surface area contributed by atoms with Crippen LogP contribution in [0, 0.1) is 13.8 Å². The van der Waals surface area contributed by atoms with Crippen LogP contribution in [0.3, 0.4) is 0 Å². The number of hydrogen-bond acceptors (Lipinski definition) is 8. The fourth-order valence-corrected chi connectivity index (χ4v) is 13.6. The summed E-state index contributed by atoms with van der Waals surface area (Å²) >= 11 is 0. The molecule has 0 aliphatic rings. The monoisotopic (exact) mass is 858 g/mol. The van der Waals surface area contributed by atoms with Crippen molar-refractivity contribution in [1.29, 1.82) is 0 Å². The number of hydrogen-bond donors (Lipinski definition) is 0. The summed E-state index contributed by atoms with van der Waals surface area (Å²) in [5.74, 6) is 0. The summed E-state index contributed by atoms with van der Waals surface area (Å²) in [5.41, 5.74) is 3.94. The van der Waals surface area contributed by atoms with Crippen molar-refractivity contribution in [1.82, 2.24) is 0 Å². The van der Waals surface area contributed by atoms with Crippen molar-refractivity contribution in [3.05, 3.63) is 187 Å². The van der Waals surface area contributed by atoms with Gasteiger partial charge in [-0.3, -0.25) is 0 Å². The molecule has 0 amide bonds. The number of benzene rings is 7. The number of fused-ring (bicyclic) bond motifs is 6. The van der Waals surface area contributed by atoms with Gasteiger partial charge in [-0.15, -0.1) is 0 Å². The smallest absolute Gasteiger partial charge is 0.356 e. The first-order valence-electron chi connectivity index (χ1n) is 18.6. The minimum atomic E-state index is -4.47. The minimum absolute atomic E-state index is 0.00410. The van der Waals surface area contributed by atoms with Crippen LogP contribution in [0.4, 0.5) is 5.69 Å². The zero-order valence-corrected chi connectivity index (χ0v) is 35.2. The van der Waals surface area contributed by atoms with Crippen LogP contribution in [0.5, 0.6) is 0 Å². The Balaban J connectivity index is 1.32. The predicted octanol–water partition coefficient (Wildman–Crippen LogP) is 12.7. The average Bonchev–Trinajstić information content (AvgIpc) is 3.51. The van der Waals surface area contributed by atoms with Gasteiger partial charge in [0.2, 0.25) is 0 Å². The van der Waals surface area contributed by atoms with Gasteiger partial charge in [0.1, 0.15) is 22.3 Å². The summed E-state index contributed by atoms with van der Waals surface area (Å²) < 4.78 is 89.2. The SMILES string of the molecule is Cc1ccc(S(=O)(=O)N(Cc2ccccc2N(p2oc3ccccc3c3ccccc3o2)S(=O)(=O)c2ccc(C)cc2)p2oc3ccccc3c3ccccc3o2)cc1. The molecule has 0 atom stereocenters. The lowest BCUT2D eigenvalue weighted by atomic mass is 10.1. The summed E-state index contributed by atoms with van der Waals surface area (Å²) in [4.78, 5) is 0.00818. The molecular formula is C45H36N2O8P2S2. The molecule has 9 rings (SSSR count). The third-order valence-corrected chi connectivity index (χ3v) is 17.4. The van der Waals surface area contributed by atoms with Gasteiger partial charge < -0.3 is 16.8 Å². The zero-order valence-electron chi connectivity index (χ0n) is 31.7. The van der Waals surface area contributed by atoms with Crippen LogP contribution in [-0.2, 0) is 26.6 Å². The maximum atomic E-state index is 15.2. The molecule has 0 saturated carbocycles. The predicted molar refractivity (Wildman–Crippen MR) is 236 cm³/mol. The molecule has 0 aliphatic carbocycles. The Bertz CT molecular complexity index is 3220. The molecule has 2 heterocycles. The van der Waals surface area contributed by atoms with Crippen LogP contribution in [-0.4, -0.2) is 16.8 Å². The highest BCUT2D eigenvalue weighted by molar-refractivity contribution is 7.98. The third-order valence-electron chi connectivity index (χ3n) is 9.81. The Morgan fingerprint density at radius 1 is 0.424 bits per heavy atom. The van der Waals surface area contributed by atoms with Crippen molar-refractivity contribution in [3.8, 4) is 0 Å². The normalized spacial score (nSPS) is 12.1. The van der Waals surface area contributed by atoms with Gasteiger partial charge in [-0.2, -0.15) is 4.08 Å². The van der Waals surface area contributed by atoms with E-state index in [-0.39, 0.29) is 22.0 Å². The van der Waals surface area contributed by atoms with E-state index < -0.39 is 36.4 Å². The van der Waals surface area contributed by atoms with Gasteiger partial charge in [0.15, 0.2) is 0 Å². The summed E-state index contributed by atoms with van der Waals surface area (Å²) in [6, 6.07) is 49.2. The lowest BCUT2D eigenvalue weighted by Gasteiger charge is -2.25. The Hall–Kier alpha value is -6.00. The molecule has 296 valence electrons. The zero-order chi connectivity index (χ0) is 40.7. The van der Waals surface area contributed by atoms with Crippen molar-refractivity contribution in [2.75, 3.05) is 8.15 Å². The minimum Gasteiger partial charge on any atom is -0.407 e. The summed E-state index contributed by atoms with van der Waals surface area (Å²) in [6.45, 7) is 3.39. The molecule has 0 unspecified atom stereocenters. The number of para-hydroxylation sites is 5. The number of anilines is 1. The van der Waals surface area contributed by atoms with E-state index in [1.165, 1.54) is 28.3 Å². The van der Waals surface area contributed by atoms with Crippen LogP contribution in [0.15, 0.2) is 196 Å². The van der Waals surface area contributed by atoms with Gasteiger partial charge in [-0.05, 0) is 74.0 Å². The van der Waals surface area contributed by atoms with Crippen molar-refractivity contribution in [2.45, 2.75) is 30.2 Å². The van der Waals surface area contributed by atoms with E-state index in [4.69, 9.17) is 16.8 Å². The highest BCUT2D eigenvalue weighted by Crippen LogP contribution is 2.47. The molecule has 9 aromatic rings. The van der Waals surface area contributed by atoms with Gasteiger partial charge in [0.25, 0.3) is 20.0 Å². The largest absolute Gasteiger partial charge is 0.407 e. The lowest BCUT2D eigenvalue weighted by molar-refractivity contribution is 0.586. The summed E-state index contributed by atoms with van der Waals surface area (Å²) in [7, 11) is -13.8. The van der Waals surface area contributed by atoms with Gasteiger partial charge >= 0.3 is 16.3 Å². The van der Waals surface area contributed by atoms with Crippen LogP contribution in [0.25, 0.3) is 43.9 Å². The first kappa shape index (κ1) is 38.5. The van der Waals surface area contributed by atoms with Crippen molar-refractivity contribution >= 4 is 85.9 Å². The highest BCUT2D eigenvalue weighted by Gasteiger charge is 2.36. The van der Waals surface area contributed by atoms with Crippen LogP contribution in [0.2, 0.25) is 0 Å². The summed E-state index contributed by atoms with van der Waals surface area (Å²) in [6.07, 6.45) is 0. The fourth-order valence-electron chi connectivity index (χ4n) is 6.77. The second-order valence-corrected chi connectivity index (χ2v) is 20.6. The molecule has 7 aromatic carbocycles. The molecule has 0 bridgehead atoms. The van der Waals surface area contributed by atoms with Crippen LogP contribution >= 0.6 is 16.3 Å². The molecule has 0 N–H and O–H groups in total. The fraction of sp³-hybridized carbons (Fsp3) is 0.0667. The Kier molecular flexibility index (Phi) is 10.2. The molecule has 0 aliphatic heterocycles. The number of rotatable bonds is 9. The second kappa shape index (κ2) is 15.6. The maximum absolute atomic E-state index is 15.2. The van der Waals surface area contributed by atoms with E-state index in [9.17, 15) is 0 Å². The van der Waals surface area contributed by atoms with Gasteiger partial charge in [0.05, 0.1) is 22.0 Å². The maximum Gasteiger partial charge on any atom is 0.356 e. The van der Waals surface area contributed by atoms with E-state index in [0.29, 0.717) is 27.9 Å². The van der Waals surface area contributed by atoms with E-state index in [1.54, 1.807) is 72.8 Å². The van der Waals surface area contributed by atoms with Crippen molar-refractivity contribution in [2.24, 2.45) is 0 Å². The second-order valence-electron chi connectivity index (χ2n) is 13.8. The lowest BCUT2D eigenvalue weighted by Crippen LogP contribution is -2.30.